The lowest BCUT2D eigenvalue weighted by Gasteiger charge is -2.37. The van der Waals surface area contributed by atoms with Crippen molar-refractivity contribution in [1.29, 1.82) is 0 Å². The van der Waals surface area contributed by atoms with Crippen LogP contribution in [-0.4, -0.2) is 81.1 Å². The number of aliphatic hydroxyl groups excluding tert-OH is 1. The van der Waals surface area contributed by atoms with Crippen molar-refractivity contribution in [3.63, 3.8) is 0 Å². The third-order valence-corrected chi connectivity index (χ3v) is 8.89. The zero-order valence-electron chi connectivity index (χ0n) is 18.9. The highest BCUT2D eigenvalue weighted by atomic mass is 32.2. The van der Waals surface area contributed by atoms with Gasteiger partial charge >= 0.3 is 5.97 Å². The van der Waals surface area contributed by atoms with Crippen LogP contribution >= 0.6 is 11.8 Å². The number of likely N-dealkylation sites (tertiary alicyclic amines) is 1. The van der Waals surface area contributed by atoms with Crippen LogP contribution in [0.4, 0.5) is 0 Å². The molecule has 2 amide bonds. The molecule has 0 aromatic rings. The van der Waals surface area contributed by atoms with Gasteiger partial charge in [0.15, 0.2) is 0 Å². The second-order valence-electron chi connectivity index (χ2n) is 9.25. The van der Waals surface area contributed by atoms with E-state index in [2.05, 4.69) is 13.0 Å². The monoisotopic (exact) mass is 462 g/mol. The van der Waals surface area contributed by atoms with Crippen molar-refractivity contribution in [2.45, 2.75) is 68.0 Å². The van der Waals surface area contributed by atoms with Gasteiger partial charge in [0, 0.05) is 18.3 Å². The number of hydrogen-bond acceptors (Lipinski definition) is 6. The Hall–Kier alpha value is -1.80. The molecule has 1 N–H and O–H groups in total. The minimum Gasteiger partial charge on any atom is -0.465 e. The molecule has 4 aliphatic heterocycles. The molecule has 6 atom stereocenters. The number of nitrogens with zero attached hydrogens (tertiary/aromatic N) is 2. The van der Waals surface area contributed by atoms with E-state index in [1.807, 2.05) is 23.1 Å². The number of carbonyl (C=O) groups is 3. The number of hydrogen-bond donors (Lipinski definition) is 1. The lowest BCUT2D eigenvalue weighted by Crippen LogP contribution is -2.56. The van der Waals surface area contributed by atoms with E-state index < -0.39 is 28.7 Å². The number of ether oxygens (including phenoxy) is 1. The molecule has 2 saturated heterocycles. The zero-order chi connectivity index (χ0) is 22.9. The summed E-state index contributed by atoms with van der Waals surface area (Å²) >= 11 is 1.55. The van der Waals surface area contributed by atoms with Crippen LogP contribution in [0.15, 0.2) is 24.3 Å². The number of esters is 1. The molecule has 0 saturated carbocycles. The minimum absolute atomic E-state index is 0.0897. The van der Waals surface area contributed by atoms with Crippen LogP contribution in [0.5, 0.6) is 0 Å². The van der Waals surface area contributed by atoms with E-state index in [0.717, 1.165) is 32.1 Å². The van der Waals surface area contributed by atoms with E-state index in [9.17, 15) is 19.5 Å². The summed E-state index contributed by atoms with van der Waals surface area (Å²) in [7, 11) is 0. The Morgan fingerprint density at radius 1 is 1.25 bits per heavy atom. The van der Waals surface area contributed by atoms with Crippen molar-refractivity contribution >= 4 is 29.5 Å². The van der Waals surface area contributed by atoms with E-state index in [4.69, 9.17) is 4.74 Å². The highest BCUT2D eigenvalue weighted by Crippen LogP contribution is 2.61. The third kappa shape index (κ3) is 3.79. The van der Waals surface area contributed by atoms with Crippen LogP contribution < -0.4 is 0 Å². The van der Waals surface area contributed by atoms with Crippen molar-refractivity contribution in [1.82, 2.24) is 9.80 Å². The van der Waals surface area contributed by atoms with E-state index in [1.165, 1.54) is 0 Å². The molecule has 4 rings (SSSR count). The fraction of sp³-hybridized carbons (Fsp3) is 0.708. The summed E-state index contributed by atoms with van der Waals surface area (Å²) in [5.74, 6) is -1.99. The molecule has 0 aromatic heterocycles. The average Bonchev–Trinajstić information content (AvgIpc) is 3.18. The number of fused-ring (bicyclic) bond motifs is 2. The topological polar surface area (TPSA) is 87.2 Å². The number of unbranched alkanes of at least 4 members (excludes halogenated alkanes) is 1. The van der Waals surface area contributed by atoms with E-state index in [0.29, 0.717) is 19.7 Å². The lowest BCUT2D eigenvalue weighted by molar-refractivity contribution is -0.153. The maximum absolute atomic E-state index is 13.8. The second kappa shape index (κ2) is 9.59. The van der Waals surface area contributed by atoms with Gasteiger partial charge in [-0.1, -0.05) is 37.6 Å². The second-order valence-corrected chi connectivity index (χ2v) is 10.7. The summed E-state index contributed by atoms with van der Waals surface area (Å²) in [6.07, 6.45) is 12.6. The summed E-state index contributed by atoms with van der Waals surface area (Å²) in [6.45, 7) is 5.09. The molecule has 0 radical (unpaired) electrons. The number of allylic oxidation sites excluding steroid dienone is 1. The maximum atomic E-state index is 13.8. The first-order valence-corrected chi connectivity index (χ1v) is 12.7. The Bertz CT molecular complexity index is 814. The number of aliphatic hydroxyl groups is 1. The van der Waals surface area contributed by atoms with Gasteiger partial charge < -0.3 is 19.6 Å². The quantitative estimate of drug-likeness (QED) is 0.498. The Morgan fingerprint density at radius 2 is 2.06 bits per heavy atom. The summed E-state index contributed by atoms with van der Waals surface area (Å²) in [5.41, 5.74) is 0. The molecule has 4 aliphatic rings. The highest BCUT2D eigenvalue weighted by Gasteiger charge is 2.71. The van der Waals surface area contributed by atoms with Crippen molar-refractivity contribution in [3.8, 4) is 0 Å². The molecule has 1 unspecified atom stereocenters. The van der Waals surface area contributed by atoms with Gasteiger partial charge in [-0.05, 0) is 32.6 Å². The predicted octanol–water partition coefficient (Wildman–Crippen LogP) is 2.15. The van der Waals surface area contributed by atoms with Crippen LogP contribution in [0.3, 0.4) is 0 Å². The number of carbonyl (C=O) groups excluding carboxylic acids is 3. The van der Waals surface area contributed by atoms with E-state index in [-0.39, 0.29) is 29.6 Å². The average molecular weight is 463 g/mol. The fourth-order valence-corrected chi connectivity index (χ4v) is 7.50. The largest absolute Gasteiger partial charge is 0.465 e. The molecule has 176 valence electrons. The minimum atomic E-state index is -0.842. The summed E-state index contributed by atoms with van der Waals surface area (Å²) in [5, 5.41) is 9.70. The normalized spacial score (nSPS) is 36.8. The smallest absolute Gasteiger partial charge is 0.311 e. The molecule has 2 fully saturated rings. The first-order valence-electron chi connectivity index (χ1n) is 11.9. The standard InChI is InChI=1S/C24H34N2O5S/c1-3-4-12-25-13-9-11-24-19(21(28)26(16(2)15-27)20(24)22(25)29)18-17(32-24)10-7-5-6-8-14-31-23(18)30/h7,9-11,16-20,27H,3-6,8,12-15H2,1-2H3/b10-7-/t16-,17-,18+,19+,20?,24+/m1/s1. The highest BCUT2D eigenvalue weighted by molar-refractivity contribution is 8.02. The number of rotatable bonds is 5. The third-order valence-electron chi connectivity index (χ3n) is 7.14. The Kier molecular flexibility index (Phi) is 7.00. The number of cyclic esters (lactones) is 1. The van der Waals surface area contributed by atoms with Crippen LogP contribution in [0.2, 0.25) is 0 Å². The molecule has 8 heteroatoms. The van der Waals surface area contributed by atoms with Gasteiger partial charge in [-0.25, -0.2) is 0 Å². The van der Waals surface area contributed by atoms with Crippen molar-refractivity contribution in [2.24, 2.45) is 11.8 Å². The molecule has 7 nitrogen and oxygen atoms in total. The van der Waals surface area contributed by atoms with E-state index >= 15 is 0 Å². The number of amides is 2. The molecular formula is C24H34N2O5S. The van der Waals surface area contributed by atoms with Crippen LogP contribution in [0.1, 0.15) is 46.0 Å². The number of thioether (sulfide) groups is 1. The van der Waals surface area contributed by atoms with Crippen molar-refractivity contribution in [2.75, 3.05) is 26.3 Å². The van der Waals surface area contributed by atoms with Crippen LogP contribution in [-0.2, 0) is 19.1 Å². The van der Waals surface area contributed by atoms with Gasteiger partial charge in [0.05, 0.1) is 35.8 Å². The summed E-state index contributed by atoms with van der Waals surface area (Å²) in [6, 6.07) is -1.25. The fourth-order valence-electron chi connectivity index (χ4n) is 5.51. The van der Waals surface area contributed by atoms with Gasteiger partial charge in [0.2, 0.25) is 11.8 Å². The summed E-state index contributed by atoms with van der Waals surface area (Å²) < 4.78 is 4.75. The van der Waals surface area contributed by atoms with Crippen molar-refractivity contribution < 1.29 is 24.2 Å². The van der Waals surface area contributed by atoms with Crippen LogP contribution in [0, 0.1) is 11.8 Å². The SMILES string of the molecule is CCCCN1CC=C[C@]23S[C@@H]4/C=C\CCCCOC(=O)[C@@H]4[C@H]2C(=O)N([C@H](C)CO)C3C1=O. The molecule has 32 heavy (non-hydrogen) atoms. The molecule has 0 aromatic carbocycles. The molecule has 0 bridgehead atoms. The molecular weight excluding hydrogens is 428 g/mol. The Morgan fingerprint density at radius 3 is 2.81 bits per heavy atom. The van der Waals surface area contributed by atoms with Gasteiger partial charge in [-0.3, -0.25) is 14.4 Å². The lowest BCUT2D eigenvalue weighted by atomic mass is 9.78. The Balaban J connectivity index is 1.80. The van der Waals surface area contributed by atoms with Gasteiger partial charge in [0.25, 0.3) is 0 Å². The summed E-state index contributed by atoms with van der Waals surface area (Å²) in [4.78, 5) is 44.2. The first kappa shape index (κ1) is 23.4. The first-order chi connectivity index (χ1) is 15.5. The predicted molar refractivity (Wildman–Crippen MR) is 123 cm³/mol. The zero-order valence-corrected chi connectivity index (χ0v) is 19.8. The Labute approximate surface area is 194 Å². The van der Waals surface area contributed by atoms with Gasteiger partial charge in [-0.2, -0.15) is 0 Å². The van der Waals surface area contributed by atoms with E-state index in [1.54, 1.807) is 23.6 Å². The van der Waals surface area contributed by atoms with Gasteiger partial charge in [-0.15, -0.1) is 11.8 Å². The van der Waals surface area contributed by atoms with Crippen LogP contribution in [0.25, 0.3) is 0 Å². The van der Waals surface area contributed by atoms with Gasteiger partial charge in [0.1, 0.15) is 6.04 Å². The molecule has 1 spiro atoms. The van der Waals surface area contributed by atoms with Crippen molar-refractivity contribution in [3.05, 3.63) is 24.3 Å². The molecule has 0 aliphatic carbocycles. The maximum Gasteiger partial charge on any atom is 0.311 e. The molecule has 4 heterocycles.